The zero-order chi connectivity index (χ0) is 16.2. The van der Waals surface area contributed by atoms with Gasteiger partial charge in [0, 0.05) is 11.8 Å². The number of aromatic nitrogens is 2. The van der Waals surface area contributed by atoms with Crippen molar-refractivity contribution in [2.45, 2.75) is 9.24 Å². The number of para-hydroxylation sites is 1. The lowest BCUT2D eigenvalue weighted by molar-refractivity contribution is -0.387. The van der Waals surface area contributed by atoms with Gasteiger partial charge in [-0.05, 0) is 36.0 Å². The third kappa shape index (κ3) is 3.82. The predicted molar refractivity (Wildman–Crippen MR) is 86.8 cm³/mol. The number of nitrogens with zero attached hydrogens (tertiary/aromatic N) is 3. The van der Waals surface area contributed by atoms with E-state index in [1.165, 1.54) is 41.3 Å². The van der Waals surface area contributed by atoms with Gasteiger partial charge in [-0.3, -0.25) is 10.1 Å². The highest BCUT2D eigenvalue weighted by Gasteiger charge is 2.16. The fourth-order valence-electron chi connectivity index (χ4n) is 1.78. The van der Waals surface area contributed by atoms with E-state index >= 15 is 0 Å². The van der Waals surface area contributed by atoms with E-state index < -0.39 is 4.92 Å². The number of hydrogen-bond acceptors (Lipinski definition) is 7. The molecule has 0 saturated carbocycles. The van der Waals surface area contributed by atoms with Gasteiger partial charge in [0.1, 0.15) is 5.82 Å². The van der Waals surface area contributed by atoms with E-state index in [0.29, 0.717) is 20.1 Å². The first kappa shape index (κ1) is 15.4. The summed E-state index contributed by atoms with van der Waals surface area (Å²) in [5.41, 5.74) is 0.579. The van der Waals surface area contributed by atoms with Crippen LogP contribution in [0.4, 0.5) is 20.9 Å². The lowest BCUT2D eigenvalue weighted by Crippen LogP contribution is -1.89. The summed E-state index contributed by atoms with van der Waals surface area (Å²) in [6.45, 7) is 0. The summed E-state index contributed by atoms with van der Waals surface area (Å²) >= 11 is 2.40. The number of nitro benzene ring substituents is 1. The van der Waals surface area contributed by atoms with Crippen molar-refractivity contribution in [2.75, 3.05) is 5.32 Å². The van der Waals surface area contributed by atoms with Gasteiger partial charge in [-0.2, -0.15) is 0 Å². The monoisotopic (exact) mass is 348 g/mol. The maximum Gasteiger partial charge on any atom is 0.283 e. The molecule has 0 atom stereocenters. The fraction of sp³-hybridized carbons (Fsp3) is 0. The molecule has 0 fully saturated rings. The summed E-state index contributed by atoms with van der Waals surface area (Å²) in [4.78, 5) is 11.1. The Morgan fingerprint density at radius 3 is 2.78 bits per heavy atom. The number of nitro groups is 1. The van der Waals surface area contributed by atoms with E-state index in [2.05, 4.69) is 15.5 Å². The van der Waals surface area contributed by atoms with Crippen LogP contribution in [0.15, 0.2) is 57.8 Å². The van der Waals surface area contributed by atoms with Gasteiger partial charge in [-0.1, -0.05) is 29.5 Å². The largest absolute Gasteiger partial charge is 0.330 e. The minimum absolute atomic E-state index is 0.0207. The molecule has 23 heavy (non-hydrogen) atoms. The van der Waals surface area contributed by atoms with Crippen molar-refractivity contribution in [3.63, 3.8) is 0 Å². The highest BCUT2D eigenvalue weighted by atomic mass is 32.2. The molecule has 0 aliphatic rings. The second kappa shape index (κ2) is 6.71. The Hall–Kier alpha value is -2.52. The molecule has 0 amide bonds. The number of benzene rings is 2. The second-order valence-corrected chi connectivity index (χ2v) is 6.60. The van der Waals surface area contributed by atoms with E-state index in [4.69, 9.17) is 0 Å². The molecule has 9 heteroatoms. The third-order valence-electron chi connectivity index (χ3n) is 2.74. The zero-order valence-corrected chi connectivity index (χ0v) is 13.1. The standard InChI is InChI=1S/C14H9FN4O2S2/c15-9-4-3-5-10(8-9)16-13-17-18-14(23-13)22-12-7-2-1-6-11(12)19(20)21/h1-8H,(H,16,17). The Balaban J connectivity index is 1.76. The van der Waals surface area contributed by atoms with Gasteiger partial charge in [-0.25, -0.2) is 4.39 Å². The van der Waals surface area contributed by atoms with Crippen molar-refractivity contribution in [1.29, 1.82) is 0 Å². The van der Waals surface area contributed by atoms with Gasteiger partial charge in [0.15, 0.2) is 4.34 Å². The Morgan fingerprint density at radius 1 is 1.17 bits per heavy atom. The van der Waals surface area contributed by atoms with Crippen LogP contribution in [0.25, 0.3) is 0 Å². The number of rotatable bonds is 5. The van der Waals surface area contributed by atoms with Crippen LogP contribution < -0.4 is 5.32 Å². The first-order chi connectivity index (χ1) is 11.1. The highest BCUT2D eigenvalue weighted by molar-refractivity contribution is 8.01. The highest BCUT2D eigenvalue weighted by Crippen LogP contribution is 2.37. The minimum atomic E-state index is -0.435. The summed E-state index contributed by atoms with van der Waals surface area (Å²) in [5, 5.41) is 22.4. The quantitative estimate of drug-likeness (QED) is 0.541. The average molecular weight is 348 g/mol. The van der Waals surface area contributed by atoms with E-state index in [-0.39, 0.29) is 11.5 Å². The summed E-state index contributed by atoms with van der Waals surface area (Å²) in [7, 11) is 0. The first-order valence-electron chi connectivity index (χ1n) is 6.39. The van der Waals surface area contributed by atoms with Gasteiger partial charge in [-0.15, -0.1) is 10.2 Å². The van der Waals surface area contributed by atoms with E-state index in [1.54, 1.807) is 30.3 Å². The van der Waals surface area contributed by atoms with E-state index in [1.807, 2.05) is 0 Å². The minimum Gasteiger partial charge on any atom is -0.330 e. The van der Waals surface area contributed by atoms with Crippen LogP contribution in [0, 0.1) is 15.9 Å². The van der Waals surface area contributed by atoms with E-state index in [0.717, 1.165) is 0 Å². The summed E-state index contributed by atoms with van der Waals surface area (Å²) in [6, 6.07) is 12.4. The molecule has 6 nitrogen and oxygen atoms in total. The third-order valence-corrected chi connectivity index (χ3v) is 4.70. The first-order valence-corrected chi connectivity index (χ1v) is 8.02. The van der Waals surface area contributed by atoms with Gasteiger partial charge < -0.3 is 5.32 Å². The summed E-state index contributed by atoms with van der Waals surface area (Å²) < 4.78 is 13.7. The normalized spacial score (nSPS) is 10.5. The van der Waals surface area contributed by atoms with Crippen LogP contribution in [0.5, 0.6) is 0 Å². The van der Waals surface area contributed by atoms with Crippen molar-refractivity contribution in [2.24, 2.45) is 0 Å². The molecule has 1 aromatic heterocycles. The van der Waals surface area contributed by atoms with Gasteiger partial charge in [0.05, 0.1) is 9.82 Å². The van der Waals surface area contributed by atoms with Gasteiger partial charge >= 0.3 is 0 Å². The van der Waals surface area contributed by atoms with Crippen molar-refractivity contribution in [3.8, 4) is 0 Å². The second-order valence-electron chi connectivity index (χ2n) is 4.34. The molecule has 0 radical (unpaired) electrons. The Morgan fingerprint density at radius 2 is 2.00 bits per heavy atom. The molecule has 3 rings (SSSR count). The maximum atomic E-state index is 13.1. The topological polar surface area (TPSA) is 81.0 Å². The molecule has 2 aromatic carbocycles. The number of anilines is 2. The molecule has 0 aliphatic carbocycles. The molecule has 0 bridgehead atoms. The maximum absolute atomic E-state index is 13.1. The molecular weight excluding hydrogens is 339 g/mol. The fourth-order valence-corrected chi connectivity index (χ4v) is 3.61. The van der Waals surface area contributed by atoms with Crippen LogP contribution in [-0.2, 0) is 0 Å². The Kier molecular flexibility index (Phi) is 4.49. The van der Waals surface area contributed by atoms with E-state index in [9.17, 15) is 14.5 Å². The van der Waals surface area contributed by atoms with Crippen LogP contribution in [0.2, 0.25) is 0 Å². The molecular formula is C14H9FN4O2S2. The van der Waals surface area contributed by atoms with Crippen molar-refractivity contribution in [1.82, 2.24) is 10.2 Å². The van der Waals surface area contributed by atoms with Crippen molar-refractivity contribution >= 4 is 39.6 Å². The molecule has 1 heterocycles. The number of nitrogens with one attached hydrogen (secondary N) is 1. The summed E-state index contributed by atoms with van der Waals surface area (Å²) in [5.74, 6) is -0.353. The van der Waals surface area contributed by atoms with Crippen LogP contribution in [0.1, 0.15) is 0 Å². The van der Waals surface area contributed by atoms with Crippen molar-refractivity contribution in [3.05, 3.63) is 64.5 Å². The lowest BCUT2D eigenvalue weighted by Gasteiger charge is -2.00. The van der Waals surface area contributed by atoms with Gasteiger partial charge in [0.25, 0.3) is 5.69 Å². The van der Waals surface area contributed by atoms with Crippen LogP contribution in [0.3, 0.4) is 0 Å². The molecule has 0 spiro atoms. The number of hydrogen-bond donors (Lipinski definition) is 1. The molecule has 1 N–H and O–H groups in total. The van der Waals surface area contributed by atoms with Crippen LogP contribution in [-0.4, -0.2) is 15.1 Å². The SMILES string of the molecule is O=[N+]([O-])c1ccccc1Sc1nnc(Nc2cccc(F)c2)s1. The molecule has 0 saturated heterocycles. The predicted octanol–water partition coefficient (Wildman–Crippen LogP) is 4.48. The summed E-state index contributed by atoms with van der Waals surface area (Å²) in [6.07, 6.45) is 0. The Bertz CT molecular complexity index is 856. The van der Waals surface area contributed by atoms with Crippen molar-refractivity contribution < 1.29 is 9.31 Å². The number of halogens is 1. The zero-order valence-electron chi connectivity index (χ0n) is 11.5. The smallest absolute Gasteiger partial charge is 0.283 e. The lowest BCUT2D eigenvalue weighted by atomic mass is 10.3. The molecule has 3 aromatic rings. The molecule has 0 unspecified atom stereocenters. The van der Waals surface area contributed by atoms with Crippen LogP contribution >= 0.6 is 23.1 Å². The Labute approximate surface area is 138 Å². The van der Waals surface area contributed by atoms with Gasteiger partial charge in [0.2, 0.25) is 5.13 Å². The molecule has 116 valence electrons. The average Bonchev–Trinajstić information content (AvgIpc) is 2.94. The molecule has 0 aliphatic heterocycles.